The number of phenols is 1. The highest BCUT2D eigenvalue weighted by Gasteiger charge is 2.27. The lowest BCUT2D eigenvalue weighted by Gasteiger charge is -2.28. The molecule has 1 rings (SSSR count). The molecule has 0 heterocycles. The summed E-state index contributed by atoms with van der Waals surface area (Å²) < 4.78 is 5.58. The fourth-order valence-corrected chi connectivity index (χ4v) is 5.69. The van der Waals surface area contributed by atoms with Gasteiger partial charge < -0.3 is 15.2 Å². The van der Waals surface area contributed by atoms with Gasteiger partial charge in [0.1, 0.15) is 12.4 Å². The van der Waals surface area contributed by atoms with Crippen LogP contribution in [0.3, 0.4) is 0 Å². The molecular formula is C39H69NO4. The molecule has 0 spiro atoms. The van der Waals surface area contributed by atoms with Crippen molar-refractivity contribution >= 4 is 11.9 Å². The maximum Gasteiger partial charge on any atom is 0.306 e. The van der Waals surface area contributed by atoms with Crippen LogP contribution in [0.25, 0.3) is 0 Å². The van der Waals surface area contributed by atoms with Gasteiger partial charge in [-0.25, -0.2) is 0 Å². The molecule has 0 saturated carbocycles. The minimum atomic E-state index is -0.612. The second-order valence-corrected chi connectivity index (χ2v) is 15.8. The van der Waals surface area contributed by atoms with Crippen LogP contribution >= 0.6 is 0 Å². The molecular weight excluding hydrogens is 546 g/mol. The van der Waals surface area contributed by atoms with Gasteiger partial charge >= 0.3 is 5.97 Å². The Hall–Kier alpha value is -2.04. The van der Waals surface area contributed by atoms with Gasteiger partial charge in [-0.15, -0.1) is 0 Å². The number of carbonyl (C=O) groups is 2. The summed E-state index contributed by atoms with van der Waals surface area (Å²) in [6, 6.07) is 4.03. The van der Waals surface area contributed by atoms with Crippen LogP contribution in [0.15, 0.2) is 12.1 Å². The Labute approximate surface area is 271 Å². The Kier molecular flexibility index (Phi) is 18.3. The number of esters is 1. The number of nitrogens with one attached hydrogen (secondary N) is 1. The number of unbranched alkanes of at least 4 members (excludes halogenated alkanes) is 14. The first kappa shape index (κ1) is 40.0. The van der Waals surface area contributed by atoms with E-state index in [0.717, 1.165) is 29.5 Å². The highest BCUT2D eigenvalue weighted by molar-refractivity contribution is 5.76. The second kappa shape index (κ2) is 20.2. The molecule has 0 bridgehead atoms. The smallest absolute Gasteiger partial charge is 0.306 e. The summed E-state index contributed by atoms with van der Waals surface area (Å²) in [5.74, 6) is 0.0878. The van der Waals surface area contributed by atoms with E-state index in [2.05, 4.69) is 53.8 Å². The molecule has 0 fully saturated rings. The third-order valence-electron chi connectivity index (χ3n) is 8.48. The van der Waals surface area contributed by atoms with Crippen LogP contribution in [0.2, 0.25) is 0 Å². The quantitative estimate of drug-likeness (QED) is 0.100. The average Bonchev–Trinajstić information content (AvgIpc) is 2.92. The number of ether oxygens (including phenoxy) is 1. The lowest BCUT2D eigenvalue weighted by molar-refractivity contribution is -0.146. The van der Waals surface area contributed by atoms with Crippen molar-refractivity contribution in [3.05, 3.63) is 28.8 Å². The van der Waals surface area contributed by atoms with E-state index in [0.29, 0.717) is 18.6 Å². The van der Waals surface area contributed by atoms with Crippen molar-refractivity contribution < 1.29 is 19.4 Å². The van der Waals surface area contributed by atoms with Crippen LogP contribution in [-0.4, -0.2) is 29.1 Å². The van der Waals surface area contributed by atoms with E-state index in [1.165, 1.54) is 83.5 Å². The van der Waals surface area contributed by atoms with E-state index in [1.54, 1.807) is 0 Å². The summed E-state index contributed by atoms with van der Waals surface area (Å²) in [5, 5.41) is 14.0. The van der Waals surface area contributed by atoms with Crippen molar-refractivity contribution in [1.82, 2.24) is 5.32 Å². The molecule has 254 valence electrons. The number of amides is 1. The number of rotatable bonds is 22. The lowest BCUT2D eigenvalue weighted by Crippen LogP contribution is -2.47. The summed E-state index contributed by atoms with van der Waals surface area (Å²) in [6.45, 7) is 18.7. The average molecular weight is 616 g/mol. The summed E-state index contributed by atoms with van der Waals surface area (Å²) in [7, 11) is 0. The van der Waals surface area contributed by atoms with E-state index < -0.39 is 5.54 Å². The first-order chi connectivity index (χ1) is 20.6. The predicted molar refractivity (Wildman–Crippen MR) is 187 cm³/mol. The Morgan fingerprint density at radius 1 is 0.659 bits per heavy atom. The van der Waals surface area contributed by atoms with Gasteiger partial charge in [-0.1, -0.05) is 150 Å². The SMILES string of the molecule is CCCCCCCCCCCCCCCCCC(=O)NC(C)(C)COC(=O)CCc1cc(C(C)(C)C)c(O)c(C(C)(C)C)c1. The molecule has 0 aliphatic rings. The zero-order chi connectivity index (χ0) is 33.2. The van der Waals surface area contributed by atoms with Gasteiger partial charge in [0.2, 0.25) is 5.91 Å². The topological polar surface area (TPSA) is 75.6 Å². The van der Waals surface area contributed by atoms with E-state index in [-0.39, 0.29) is 35.7 Å². The number of aromatic hydroxyl groups is 1. The van der Waals surface area contributed by atoms with E-state index in [1.807, 2.05) is 26.0 Å². The Bertz CT molecular complexity index is 932. The first-order valence-electron chi connectivity index (χ1n) is 17.9. The van der Waals surface area contributed by atoms with Gasteiger partial charge in [0.15, 0.2) is 0 Å². The van der Waals surface area contributed by atoms with Crippen molar-refractivity contribution in [3.8, 4) is 5.75 Å². The van der Waals surface area contributed by atoms with Gasteiger partial charge in [-0.2, -0.15) is 0 Å². The number of carbonyl (C=O) groups excluding carboxylic acids is 2. The van der Waals surface area contributed by atoms with Gasteiger partial charge in [0, 0.05) is 12.8 Å². The third-order valence-corrected chi connectivity index (χ3v) is 8.48. The highest BCUT2D eigenvalue weighted by Crippen LogP contribution is 2.40. The fourth-order valence-electron chi connectivity index (χ4n) is 5.69. The van der Waals surface area contributed by atoms with Crippen molar-refractivity contribution in [2.24, 2.45) is 0 Å². The largest absolute Gasteiger partial charge is 0.507 e. The minimum Gasteiger partial charge on any atom is -0.507 e. The molecule has 1 aromatic carbocycles. The Morgan fingerprint density at radius 2 is 1.07 bits per heavy atom. The fraction of sp³-hybridized carbons (Fsp3) is 0.795. The van der Waals surface area contributed by atoms with Crippen LogP contribution in [-0.2, 0) is 31.6 Å². The Morgan fingerprint density at radius 3 is 1.48 bits per heavy atom. The number of hydrogen-bond acceptors (Lipinski definition) is 4. The molecule has 5 nitrogen and oxygen atoms in total. The van der Waals surface area contributed by atoms with Gasteiger partial charge in [0.05, 0.1) is 5.54 Å². The van der Waals surface area contributed by atoms with Crippen LogP contribution in [0, 0.1) is 0 Å². The normalized spacial score (nSPS) is 12.4. The molecule has 5 heteroatoms. The molecule has 0 aromatic heterocycles. The van der Waals surface area contributed by atoms with Gasteiger partial charge in [-0.3, -0.25) is 9.59 Å². The summed E-state index contributed by atoms with van der Waals surface area (Å²) >= 11 is 0. The number of benzene rings is 1. The summed E-state index contributed by atoms with van der Waals surface area (Å²) in [4.78, 5) is 25.2. The van der Waals surface area contributed by atoms with Crippen molar-refractivity contribution in [3.63, 3.8) is 0 Å². The van der Waals surface area contributed by atoms with Crippen LogP contribution in [0.1, 0.15) is 188 Å². The van der Waals surface area contributed by atoms with Crippen molar-refractivity contribution in [2.45, 2.75) is 194 Å². The third kappa shape index (κ3) is 17.4. The van der Waals surface area contributed by atoms with E-state index in [4.69, 9.17) is 4.74 Å². The number of phenolic OH excluding ortho intramolecular Hbond substituents is 1. The van der Waals surface area contributed by atoms with Gasteiger partial charge in [-0.05, 0) is 54.2 Å². The van der Waals surface area contributed by atoms with Crippen molar-refractivity contribution in [2.75, 3.05) is 6.61 Å². The van der Waals surface area contributed by atoms with Crippen LogP contribution in [0.4, 0.5) is 0 Å². The Balaban J connectivity index is 2.26. The monoisotopic (exact) mass is 616 g/mol. The number of hydrogen-bond donors (Lipinski definition) is 2. The lowest BCUT2D eigenvalue weighted by atomic mass is 9.78. The summed E-state index contributed by atoms with van der Waals surface area (Å²) in [6.07, 6.45) is 20.9. The molecule has 0 atom stereocenters. The molecule has 44 heavy (non-hydrogen) atoms. The maximum atomic E-state index is 12.6. The first-order valence-corrected chi connectivity index (χ1v) is 17.9. The molecule has 0 aliphatic carbocycles. The van der Waals surface area contributed by atoms with Crippen LogP contribution in [0.5, 0.6) is 5.75 Å². The highest BCUT2D eigenvalue weighted by atomic mass is 16.5. The standard InChI is InChI=1S/C39H69NO4/c1-10-11-12-13-14-15-16-17-18-19-20-21-22-23-24-25-34(41)40-39(8,9)30-44-35(42)27-26-31-28-32(37(2,3)4)36(43)33(29-31)38(5,6)7/h28-29,43H,10-27,30H2,1-9H3,(H,40,41). The second-order valence-electron chi connectivity index (χ2n) is 15.8. The minimum absolute atomic E-state index is 0.0225. The van der Waals surface area contributed by atoms with E-state index >= 15 is 0 Å². The van der Waals surface area contributed by atoms with Crippen molar-refractivity contribution in [1.29, 1.82) is 0 Å². The molecule has 0 saturated heterocycles. The molecule has 0 radical (unpaired) electrons. The van der Waals surface area contributed by atoms with Crippen LogP contribution < -0.4 is 5.32 Å². The van der Waals surface area contributed by atoms with E-state index in [9.17, 15) is 14.7 Å². The van der Waals surface area contributed by atoms with Gasteiger partial charge in [0.25, 0.3) is 0 Å². The maximum absolute atomic E-state index is 12.6. The zero-order valence-corrected chi connectivity index (χ0v) is 30.3. The molecule has 1 amide bonds. The molecule has 2 N–H and O–H groups in total. The zero-order valence-electron chi connectivity index (χ0n) is 30.3. The summed E-state index contributed by atoms with van der Waals surface area (Å²) in [5.41, 5.74) is 1.77. The molecule has 0 aliphatic heterocycles. The molecule has 1 aromatic rings. The predicted octanol–water partition coefficient (Wildman–Crippen LogP) is 10.6. The molecule has 0 unspecified atom stereocenters. The number of aryl methyl sites for hydroxylation is 1.